The van der Waals surface area contributed by atoms with Gasteiger partial charge in [0.05, 0.1) is 33.4 Å². The Morgan fingerprint density at radius 2 is 0.797 bits per heavy atom. The maximum atomic E-state index is 6.70. The molecule has 4 nitrogen and oxygen atoms in total. The molecule has 0 saturated carbocycles. The van der Waals surface area contributed by atoms with Crippen LogP contribution in [0.3, 0.4) is 0 Å². The van der Waals surface area contributed by atoms with E-state index in [4.69, 9.17) is 19.4 Å². The van der Waals surface area contributed by atoms with Gasteiger partial charge in [0.15, 0.2) is 5.82 Å². The highest BCUT2D eigenvalue weighted by molar-refractivity contribution is 6.22. The second kappa shape index (κ2) is 14.5. The van der Waals surface area contributed by atoms with Crippen LogP contribution >= 0.6 is 0 Å². The maximum Gasteiger partial charge on any atom is 0.160 e. The molecule has 0 radical (unpaired) electrons. The molecule has 0 saturated heterocycles. The van der Waals surface area contributed by atoms with Gasteiger partial charge >= 0.3 is 0 Å². The van der Waals surface area contributed by atoms with Crippen LogP contribution in [0.15, 0.2) is 217 Å². The lowest BCUT2D eigenvalue weighted by Gasteiger charge is -2.12. The molecular weight excluding hydrogens is 719 g/mol. The smallest absolute Gasteiger partial charge is 0.160 e. The summed E-state index contributed by atoms with van der Waals surface area (Å²) in [6.07, 6.45) is 0. The fraction of sp³-hybridized carbons (Fsp3) is 0. The Kier molecular flexibility index (Phi) is 8.45. The predicted octanol–water partition coefficient (Wildman–Crippen LogP) is 14.6. The number of fused-ring (bicyclic) bond motifs is 5. The summed E-state index contributed by atoms with van der Waals surface area (Å²) in [6.45, 7) is 0. The Morgan fingerprint density at radius 1 is 0.322 bits per heavy atom. The van der Waals surface area contributed by atoms with E-state index >= 15 is 0 Å². The van der Waals surface area contributed by atoms with E-state index in [1.807, 2.05) is 30.3 Å². The molecule has 0 aliphatic rings. The van der Waals surface area contributed by atoms with Gasteiger partial charge in [-0.05, 0) is 51.6 Å². The largest absolute Gasteiger partial charge is 0.455 e. The Morgan fingerprint density at radius 3 is 1.39 bits per heavy atom. The predicted molar refractivity (Wildman–Crippen MR) is 243 cm³/mol. The average molecular weight is 754 g/mol. The van der Waals surface area contributed by atoms with Crippen molar-refractivity contribution >= 4 is 32.8 Å². The van der Waals surface area contributed by atoms with E-state index in [2.05, 4.69) is 182 Å². The van der Waals surface area contributed by atoms with E-state index < -0.39 is 0 Å². The number of furan rings is 1. The van der Waals surface area contributed by atoms with Crippen LogP contribution in [0, 0.1) is 0 Å². The van der Waals surface area contributed by atoms with E-state index in [-0.39, 0.29) is 0 Å². The van der Waals surface area contributed by atoms with E-state index in [9.17, 15) is 0 Å². The Hall–Kier alpha value is -7.95. The van der Waals surface area contributed by atoms with Gasteiger partial charge in [-0.3, -0.25) is 0 Å². The molecule has 3 heterocycles. The first-order chi connectivity index (χ1) is 29.2. The van der Waals surface area contributed by atoms with Crippen LogP contribution in [-0.4, -0.2) is 15.0 Å². The van der Waals surface area contributed by atoms with Crippen molar-refractivity contribution in [3.05, 3.63) is 212 Å². The normalized spacial score (nSPS) is 11.4. The first-order valence-electron chi connectivity index (χ1n) is 19.8. The first kappa shape index (κ1) is 34.3. The molecule has 0 aliphatic heterocycles. The summed E-state index contributed by atoms with van der Waals surface area (Å²) in [5, 5.41) is 3.08. The molecule has 4 heteroatoms. The van der Waals surface area contributed by atoms with Crippen molar-refractivity contribution in [1.82, 2.24) is 15.0 Å². The van der Waals surface area contributed by atoms with Gasteiger partial charge in [-0.1, -0.05) is 194 Å². The lowest BCUT2D eigenvalue weighted by Crippen LogP contribution is -1.96. The summed E-state index contributed by atoms with van der Waals surface area (Å²) in [5.74, 6) is 0.676. The number of rotatable bonds is 7. The molecule has 11 aromatic rings. The second-order valence-electron chi connectivity index (χ2n) is 14.8. The van der Waals surface area contributed by atoms with Gasteiger partial charge in [-0.2, -0.15) is 0 Å². The number of nitrogens with zero attached hydrogens (tertiary/aromatic N) is 3. The van der Waals surface area contributed by atoms with Gasteiger partial charge in [-0.15, -0.1) is 0 Å². The monoisotopic (exact) mass is 753 g/mol. The van der Waals surface area contributed by atoms with Crippen LogP contribution in [0.25, 0.3) is 111 Å². The number of hydrogen-bond acceptors (Lipinski definition) is 4. The van der Waals surface area contributed by atoms with Crippen LogP contribution < -0.4 is 0 Å². The Labute approximate surface area is 341 Å². The molecule has 0 amide bonds. The molecule has 0 aliphatic carbocycles. The lowest BCUT2D eigenvalue weighted by molar-refractivity contribution is 0.672. The summed E-state index contributed by atoms with van der Waals surface area (Å²) in [7, 11) is 0. The fourth-order valence-electron chi connectivity index (χ4n) is 8.15. The fourth-order valence-corrected chi connectivity index (χ4v) is 8.15. The molecule has 0 unspecified atom stereocenters. The first-order valence-corrected chi connectivity index (χ1v) is 19.8. The highest BCUT2D eigenvalue weighted by atomic mass is 16.3. The van der Waals surface area contributed by atoms with Crippen molar-refractivity contribution in [2.75, 3.05) is 0 Å². The summed E-state index contributed by atoms with van der Waals surface area (Å²) >= 11 is 0. The van der Waals surface area contributed by atoms with Crippen molar-refractivity contribution in [2.45, 2.75) is 0 Å². The van der Waals surface area contributed by atoms with Crippen LogP contribution in [0.2, 0.25) is 0 Å². The van der Waals surface area contributed by atoms with Gasteiger partial charge in [0.1, 0.15) is 11.2 Å². The topological polar surface area (TPSA) is 51.8 Å². The molecule has 3 aromatic heterocycles. The van der Waals surface area contributed by atoms with Gasteiger partial charge in [0, 0.05) is 27.6 Å². The minimum absolute atomic E-state index is 0.676. The third kappa shape index (κ3) is 6.34. The summed E-state index contributed by atoms with van der Waals surface area (Å²) in [4.78, 5) is 15.6. The van der Waals surface area contributed by atoms with Crippen LogP contribution in [0.4, 0.5) is 0 Å². The number of benzene rings is 8. The quantitative estimate of drug-likeness (QED) is 0.163. The molecular formula is C55H35N3O. The molecule has 0 spiro atoms. The van der Waals surface area contributed by atoms with Crippen LogP contribution in [0.5, 0.6) is 0 Å². The summed E-state index contributed by atoms with van der Waals surface area (Å²) < 4.78 is 6.70. The van der Waals surface area contributed by atoms with Crippen molar-refractivity contribution in [1.29, 1.82) is 0 Å². The molecule has 0 fully saturated rings. The van der Waals surface area contributed by atoms with Gasteiger partial charge in [0.25, 0.3) is 0 Å². The van der Waals surface area contributed by atoms with Gasteiger partial charge < -0.3 is 4.42 Å². The lowest BCUT2D eigenvalue weighted by atomic mass is 9.95. The third-order valence-corrected chi connectivity index (χ3v) is 11.1. The molecule has 0 N–H and O–H groups in total. The molecule has 11 rings (SSSR count). The molecule has 0 bridgehead atoms. The van der Waals surface area contributed by atoms with Crippen LogP contribution in [-0.2, 0) is 0 Å². The standard InChI is InChI=1S/C55H35N3O/c1-4-13-36(14-5-1)38-23-29-41(30-24-38)48-35-49(58-55(57-48)44-33-25-39(26-34-44)37-15-6-2-7-16-37)42-31-27-40(28-32-42)45-20-12-21-47-51(45)54-52(46-19-10-11-22-50(46)59-54)53(56-47)43-17-8-3-9-18-43/h1-35H. The number of hydrogen-bond donors (Lipinski definition) is 0. The van der Waals surface area contributed by atoms with Gasteiger partial charge in [-0.25, -0.2) is 15.0 Å². The number of pyridine rings is 1. The number of aromatic nitrogens is 3. The van der Waals surface area contributed by atoms with E-state index in [0.717, 1.165) is 94.4 Å². The molecule has 59 heavy (non-hydrogen) atoms. The SMILES string of the molecule is c1ccc(-c2ccc(-c3cc(-c4ccc(-c5cccc6nc(-c7ccccc7)c7c8ccccc8oc7c56)cc4)nc(-c4ccc(-c5ccccc5)cc4)n3)cc2)cc1. The second-order valence-corrected chi connectivity index (χ2v) is 14.8. The highest BCUT2D eigenvalue weighted by Gasteiger charge is 2.20. The van der Waals surface area contributed by atoms with Crippen molar-refractivity contribution in [2.24, 2.45) is 0 Å². The zero-order valence-electron chi connectivity index (χ0n) is 32.0. The molecule has 0 atom stereocenters. The summed E-state index contributed by atoms with van der Waals surface area (Å²) in [6, 6.07) is 73.7. The highest BCUT2D eigenvalue weighted by Crippen LogP contribution is 2.43. The van der Waals surface area contributed by atoms with Crippen molar-refractivity contribution in [3.8, 4) is 78.5 Å². The zero-order chi connectivity index (χ0) is 39.1. The van der Waals surface area contributed by atoms with Crippen LogP contribution in [0.1, 0.15) is 0 Å². The number of para-hydroxylation sites is 1. The van der Waals surface area contributed by atoms with Crippen molar-refractivity contribution < 1.29 is 4.42 Å². The van der Waals surface area contributed by atoms with E-state index in [1.165, 1.54) is 11.1 Å². The zero-order valence-corrected chi connectivity index (χ0v) is 32.0. The molecule has 8 aromatic carbocycles. The third-order valence-electron chi connectivity index (χ3n) is 11.1. The minimum Gasteiger partial charge on any atom is -0.455 e. The van der Waals surface area contributed by atoms with E-state index in [0.29, 0.717) is 5.82 Å². The van der Waals surface area contributed by atoms with Gasteiger partial charge in [0.2, 0.25) is 0 Å². The average Bonchev–Trinajstić information content (AvgIpc) is 3.72. The molecule has 276 valence electrons. The van der Waals surface area contributed by atoms with E-state index in [1.54, 1.807) is 0 Å². The Bertz CT molecular complexity index is 3170. The Balaban J connectivity index is 1.02. The minimum atomic E-state index is 0.676. The summed E-state index contributed by atoms with van der Waals surface area (Å²) in [5.41, 5.74) is 16.1. The van der Waals surface area contributed by atoms with Crippen molar-refractivity contribution in [3.63, 3.8) is 0 Å². The maximum absolute atomic E-state index is 6.70.